The van der Waals surface area contributed by atoms with E-state index in [2.05, 4.69) is 5.32 Å². The van der Waals surface area contributed by atoms with Crippen molar-refractivity contribution < 1.29 is 14.4 Å². The van der Waals surface area contributed by atoms with Gasteiger partial charge in [0.1, 0.15) is 0 Å². The van der Waals surface area contributed by atoms with Crippen LogP contribution >= 0.6 is 0 Å². The summed E-state index contributed by atoms with van der Waals surface area (Å²) in [5, 5.41) is 2.94. The number of benzene rings is 1. The minimum atomic E-state index is -0.0220. The molecule has 2 aliphatic rings. The predicted molar refractivity (Wildman–Crippen MR) is 110 cm³/mol. The zero-order chi connectivity index (χ0) is 19.9. The zero-order valence-electron chi connectivity index (χ0n) is 16.5. The first-order chi connectivity index (χ1) is 13.6. The third-order valence-corrected chi connectivity index (χ3v) is 5.42. The zero-order valence-corrected chi connectivity index (χ0v) is 16.5. The number of likely N-dealkylation sites (tertiary alicyclic amines) is 1. The Morgan fingerprint density at radius 3 is 2.46 bits per heavy atom. The molecule has 0 atom stereocenters. The van der Waals surface area contributed by atoms with Crippen molar-refractivity contribution in [1.82, 2.24) is 10.2 Å². The lowest BCUT2D eigenvalue weighted by atomic mass is 9.96. The average molecular weight is 383 g/mol. The quantitative estimate of drug-likeness (QED) is 0.768. The van der Waals surface area contributed by atoms with Crippen LogP contribution in [0.2, 0.25) is 0 Å². The maximum atomic E-state index is 12.4. The van der Waals surface area contributed by atoms with Crippen LogP contribution in [0.25, 0.3) is 6.08 Å². The minimum absolute atomic E-state index is 0.0143. The molecular weight excluding hydrogens is 354 g/mol. The molecule has 0 aliphatic carbocycles. The number of nitrogens with one attached hydrogen (secondary N) is 1. The lowest BCUT2D eigenvalue weighted by Gasteiger charge is -2.30. The normalized spacial score (nSPS) is 18.1. The number of piperidine rings is 1. The molecule has 3 amide bonds. The summed E-state index contributed by atoms with van der Waals surface area (Å²) in [6.07, 6.45) is 7.29. The van der Waals surface area contributed by atoms with Crippen molar-refractivity contribution in [2.45, 2.75) is 39.0 Å². The summed E-state index contributed by atoms with van der Waals surface area (Å²) in [6, 6.07) is 7.70. The average Bonchev–Trinajstić information content (AvgIpc) is 3.16. The highest BCUT2D eigenvalue weighted by atomic mass is 16.2. The van der Waals surface area contributed by atoms with Gasteiger partial charge in [-0.25, -0.2) is 0 Å². The smallest absolute Gasteiger partial charge is 0.246 e. The van der Waals surface area contributed by atoms with Crippen molar-refractivity contribution in [3.8, 4) is 0 Å². The molecule has 2 saturated heterocycles. The Bertz CT molecular complexity index is 734. The van der Waals surface area contributed by atoms with Gasteiger partial charge in [-0.2, -0.15) is 0 Å². The van der Waals surface area contributed by atoms with Crippen molar-refractivity contribution >= 4 is 29.5 Å². The Hall–Kier alpha value is -2.63. The first-order valence-electron chi connectivity index (χ1n) is 10.2. The highest BCUT2D eigenvalue weighted by Gasteiger charge is 2.26. The van der Waals surface area contributed by atoms with Gasteiger partial charge in [0.05, 0.1) is 0 Å². The Labute approximate surface area is 166 Å². The number of amides is 3. The van der Waals surface area contributed by atoms with Crippen LogP contribution in [0, 0.1) is 5.92 Å². The Balaban J connectivity index is 1.49. The van der Waals surface area contributed by atoms with E-state index in [0.29, 0.717) is 38.9 Å². The second-order valence-corrected chi connectivity index (χ2v) is 7.46. The molecule has 0 spiro atoms. The van der Waals surface area contributed by atoms with Crippen LogP contribution in [0.5, 0.6) is 0 Å². The number of anilines is 1. The molecule has 3 rings (SSSR count). The van der Waals surface area contributed by atoms with Gasteiger partial charge in [0.25, 0.3) is 0 Å². The van der Waals surface area contributed by atoms with E-state index in [4.69, 9.17) is 0 Å². The van der Waals surface area contributed by atoms with Crippen LogP contribution in [0.15, 0.2) is 30.3 Å². The second-order valence-electron chi connectivity index (χ2n) is 7.46. The molecule has 2 aliphatic heterocycles. The molecule has 0 aromatic heterocycles. The van der Waals surface area contributed by atoms with E-state index in [-0.39, 0.29) is 23.6 Å². The molecule has 0 saturated carbocycles. The highest BCUT2D eigenvalue weighted by molar-refractivity contribution is 5.95. The number of carbonyl (C=O) groups excluding carboxylic acids is 3. The van der Waals surface area contributed by atoms with E-state index in [1.807, 2.05) is 31.2 Å². The maximum Gasteiger partial charge on any atom is 0.246 e. The van der Waals surface area contributed by atoms with E-state index in [9.17, 15) is 14.4 Å². The Kier molecular flexibility index (Phi) is 6.85. The van der Waals surface area contributed by atoms with Crippen molar-refractivity contribution in [2.24, 2.45) is 5.92 Å². The van der Waals surface area contributed by atoms with Crippen molar-refractivity contribution in [2.75, 3.05) is 31.1 Å². The number of nitrogens with zero attached hydrogens (tertiary/aromatic N) is 2. The van der Waals surface area contributed by atoms with Crippen LogP contribution in [0.4, 0.5) is 5.69 Å². The summed E-state index contributed by atoms with van der Waals surface area (Å²) in [5.41, 5.74) is 1.84. The van der Waals surface area contributed by atoms with Gasteiger partial charge in [-0.1, -0.05) is 19.1 Å². The van der Waals surface area contributed by atoms with Gasteiger partial charge in [0.2, 0.25) is 17.7 Å². The van der Waals surface area contributed by atoms with Gasteiger partial charge in [0.15, 0.2) is 0 Å². The fraction of sp³-hybridized carbons (Fsp3) is 0.500. The third kappa shape index (κ3) is 5.00. The number of carbonyl (C=O) groups is 3. The molecule has 28 heavy (non-hydrogen) atoms. The number of rotatable bonds is 6. The summed E-state index contributed by atoms with van der Waals surface area (Å²) in [6.45, 7) is 4.75. The first kappa shape index (κ1) is 20.1. The number of hydrogen-bond donors (Lipinski definition) is 1. The summed E-state index contributed by atoms with van der Waals surface area (Å²) in [7, 11) is 0. The van der Waals surface area contributed by atoms with Gasteiger partial charge in [-0.15, -0.1) is 0 Å². The Morgan fingerprint density at radius 1 is 1.14 bits per heavy atom. The van der Waals surface area contributed by atoms with Gasteiger partial charge in [-0.3, -0.25) is 14.4 Å². The van der Waals surface area contributed by atoms with Gasteiger partial charge < -0.3 is 15.1 Å². The topological polar surface area (TPSA) is 69.7 Å². The van der Waals surface area contributed by atoms with E-state index >= 15 is 0 Å². The molecule has 2 heterocycles. The van der Waals surface area contributed by atoms with Gasteiger partial charge in [0, 0.05) is 50.3 Å². The van der Waals surface area contributed by atoms with E-state index in [1.165, 1.54) is 0 Å². The van der Waals surface area contributed by atoms with Crippen LogP contribution in [-0.4, -0.2) is 48.8 Å². The Morgan fingerprint density at radius 2 is 1.86 bits per heavy atom. The fourth-order valence-corrected chi connectivity index (χ4v) is 3.71. The van der Waals surface area contributed by atoms with Crippen LogP contribution < -0.4 is 10.2 Å². The summed E-state index contributed by atoms with van der Waals surface area (Å²) in [4.78, 5) is 39.9. The largest absolute Gasteiger partial charge is 0.356 e. The van der Waals surface area contributed by atoms with E-state index < -0.39 is 0 Å². The van der Waals surface area contributed by atoms with Gasteiger partial charge >= 0.3 is 0 Å². The lowest BCUT2D eigenvalue weighted by Crippen LogP contribution is -2.42. The maximum absolute atomic E-state index is 12.4. The summed E-state index contributed by atoms with van der Waals surface area (Å²) in [5.74, 6) is 0.276. The molecule has 150 valence electrons. The van der Waals surface area contributed by atoms with Crippen LogP contribution in [-0.2, 0) is 14.4 Å². The molecule has 0 radical (unpaired) electrons. The standard InChI is InChI=1S/C22H29N3O3/c1-2-13-23-22(28)18-11-15-24(16-12-18)20(26)10-7-17-5-8-19(9-6-17)25-14-3-4-21(25)27/h5-10,18H,2-4,11-16H2,1H3,(H,23,28)/b10-7+. The highest BCUT2D eigenvalue weighted by Crippen LogP contribution is 2.22. The summed E-state index contributed by atoms with van der Waals surface area (Å²) < 4.78 is 0. The van der Waals surface area contributed by atoms with Gasteiger partial charge in [-0.05, 0) is 49.5 Å². The van der Waals surface area contributed by atoms with Crippen LogP contribution in [0.3, 0.4) is 0 Å². The summed E-state index contributed by atoms with van der Waals surface area (Å²) >= 11 is 0. The minimum Gasteiger partial charge on any atom is -0.356 e. The van der Waals surface area contributed by atoms with Crippen molar-refractivity contribution in [3.63, 3.8) is 0 Å². The molecule has 6 heteroatoms. The molecule has 1 aromatic rings. The molecule has 0 bridgehead atoms. The fourth-order valence-electron chi connectivity index (χ4n) is 3.71. The third-order valence-electron chi connectivity index (χ3n) is 5.42. The van der Waals surface area contributed by atoms with E-state index in [0.717, 1.165) is 30.6 Å². The lowest BCUT2D eigenvalue weighted by molar-refractivity contribution is -0.132. The SMILES string of the molecule is CCCNC(=O)C1CCN(C(=O)/C=C/c2ccc(N3CCCC3=O)cc2)CC1. The van der Waals surface area contributed by atoms with Crippen LogP contribution in [0.1, 0.15) is 44.6 Å². The van der Waals surface area contributed by atoms with Crippen molar-refractivity contribution in [3.05, 3.63) is 35.9 Å². The molecule has 1 N–H and O–H groups in total. The molecule has 1 aromatic carbocycles. The van der Waals surface area contributed by atoms with E-state index in [1.54, 1.807) is 22.0 Å². The monoisotopic (exact) mass is 383 g/mol. The van der Waals surface area contributed by atoms with Crippen molar-refractivity contribution in [1.29, 1.82) is 0 Å². The molecular formula is C22H29N3O3. The molecule has 0 unspecified atom stereocenters. The number of hydrogen-bond acceptors (Lipinski definition) is 3. The first-order valence-corrected chi connectivity index (χ1v) is 10.2. The molecule has 6 nitrogen and oxygen atoms in total. The second kappa shape index (κ2) is 9.53. The molecule has 2 fully saturated rings. The predicted octanol–water partition coefficient (Wildman–Crippen LogP) is 2.59.